The number of nitro benzene ring substituents is 1. The number of hydrogen-bond acceptors (Lipinski definition) is 13. The summed E-state index contributed by atoms with van der Waals surface area (Å²) in [5.74, 6) is 1.44. The van der Waals surface area contributed by atoms with Crippen molar-refractivity contribution in [3.8, 4) is 11.5 Å². The minimum absolute atomic E-state index is 0.0265. The third-order valence-corrected chi connectivity index (χ3v) is 7.76. The van der Waals surface area contributed by atoms with Crippen LogP contribution < -0.4 is 9.47 Å². The monoisotopic (exact) mass is 767 g/mol. The van der Waals surface area contributed by atoms with Crippen LogP contribution in [0.4, 0.5) is 5.69 Å². The number of rotatable bonds is 40. The Morgan fingerprint density at radius 3 is 1.04 bits per heavy atom. The number of non-ortho nitro benzene ring substituents is 1. The SMILES string of the molecule is CCCCCCCCc1ccc(OCCOCCOCCOCCOCCOCCOCCOCCOCCOCCOc2ccc([N+](=O)[O-])cc2)cc1. The summed E-state index contributed by atoms with van der Waals surface area (Å²) in [6.45, 7) is 11.8. The number of aryl methyl sites for hydroxylation is 1. The zero-order valence-corrected chi connectivity index (χ0v) is 32.5. The van der Waals surface area contributed by atoms with Crippen LogP contribution in [-0.4, -0.2) is 137 Å². The first-order valence-corrected chi connectivity index (χ1v) is 19.5. The van der Waals surface area contributed by atoms with Crippen molar-refractivity contribution in [3.05, 3.63) is 64.2 Å². The van der Waals surface area contributed by atoms with E-state index in [0.717, 1.165) is 12.2 Å². The molecule has 0 saturated carbocycles. The first-order chi connectivity index (χ1) is 26.7. The van der Waals surface area contributed by atoms with Gasteiger partial charge in [0.2, 0.25) is 0 Å². The van der Waals surface area contributed by atoms with Crippen LogP contribution in [0.25, 0.3) is 0 Å². The molecule has 2 aromatic rings. The van der Waals surface area contributed by atoms with Gasteiger partial charge in [-0.25, -0.2) is 0 Å². The van der Waals surface area contributed by atoms with Crippen molar-refractivity contribution in [2.45, 2.75) is 51.9 Å². The van der Waals surface area contributed by atoms with E-state index < -0.39 is 4.92 Å². The Morgan fingerprint density at radius 1 is 0.407 bits per heavy atom. The van der Waals surface area contributed by atoms with Gasteiger partial charge in [-0.05, 0) is 42.7 Å². The van der Waals surface area contributed by atoms with Crippen LogP contribution in [0.1, 0.15) is 51.0 Å². The van der Waals surface area contributed by atoms with Crippen LogP contribution in [0.2, 0.25) is 0 Å². The third kappa shape index (κ3) is 28.5. The summed E-state index contributed by atoms with van der Waals surface area (Å²) in [5, 5.41) is 10.7. The quantitative estimate of drug-likeness (QED) is 0.0438. The lowest BCUT2D eigenvalue weighted by molar-refractivity contribution is -0.384. The molecule has 0 aliphatic heterocycles. The molecule has 2 rings (SSSR count). The van der Waals surface area contributed by atoms with Gasteiger partial charge in [0.1, 0.15) is 24.7 Å². The van der Waals surface area contributed by atoms with Crippen LogP contribution in [-0.2, 0) is 49.1 Å². The summed E-state index contributed by atoms with van der Waals surface area (Å²) in [5.41, 5.74) is 1.40. The molecule has 0 spiro atoms. The summed E-state index contributed by atoms with van der Waals surface area (Å²) in [6.07, 6.45) is 9.05. The van der Waals surface area contributed by atoms with Crippen LogP contribution in [0, 0.1) is 10.1 Å². The van der Waals surface area contributed by atoms with Crippen LogP contribution in [0.3, 0.4) is 0 Å². The molecule has 14 heteroatoms. The molecule has 2 aromatic carbocycles. The highest BCUT2D eigenvalue weighted by Crippen LogP contribution is 2.17. The van der Waals surface area contributed by atoms with E-state index in [4.69, 9.17) is 52.1 Å². The molecule has 0 amide bonds. The number of nitrogens with zero attached hydrogens (tertiary/aromatic N) is 1. The maximum absolute atomic E-state index is 10.7. The number of nitro groups is 1. The van der Waals surface area contributed by atoms with Gasteiger partial charge < -0.3 is 52.1 Å². The Balaban J connectivity index is 1.18. The van der Waals surface area contributed by atoms with Crippen LogP contribution in [0.5, 0.6) is 11.5 Å². The van der Waals surface area contributed by atoms with Gasteiger partial charge in [-0.15, -0.1) is 0 Å². The molecule has 308 valence electrons. The summed E-state index contributed by atoms with van der Waals surface area (Å²) in [6, 6.07) is 14.3. The zero-order chi connectivity index (χ0) is 38.4. The maximum atomic E-state index is 10.7. The van der Waals surface area contributed by atoms with Gasteiger partial charge in [0.25, 0.3) is 5.69 Å². The fourth-order valence-electron chi connectivity index (χ4n) is 4.82. The summed E-state index contributed by atoms with van der Waals surface area (Å²) in [7, 11) is 0. The van der Waals surface area contributed by atoms with E-state index in [1.807, 2.05) is 12.1 Å². The van der Waals surface area contributed by atoms with Crippen molar-refractivity contribution in [3.63, 3.8) is 0 Å². The molecule has 0 saturated heterocycles. The topological polar surface area (TPSA) is 145 Å². The van der Waals surface area contributed by atoms with Crippen molar-refractivity contribution < 1.29 is 57.0 Å². The molecule has 0 aliphatic carbocycles. The predicted molar refractivity (Wildman–Crippen MR) is 205 cm³/mol. The first kappa shape index (κ1) is 47.2. The third-order valence-electron chi connectivity index (χ3n) is 7.76. The molecule has 0 aromatic heterocycles. The van der Waals surface area contributed by atoms with Crippen molar-refractivity contribution >= 4 is 5.69 Å². The van der Waals surface area contributed by atoms with E-state index in [9.17, 15) is 10.1 Å². The van der Waals surface area contributed by atoms with Gasteiger partial charge in [-0.1, -0.05) is 51.2 Å². The molecular formula is C40H65NO13. The van der Waals surface area contributed by atoms with Crippen molar-refractivity contribution in [1.29, 1.82) is 0 Å². The van der Waals surface area contributed by atoms with Gasteiger partial charge >= 0.3 is 0 Å². The smallest absolute Gasteiger partial charge is 0.269 e. The van der Waals surface area contributed by atoms with E-state index in [1.165, 1.54) is 56.2 Å². The van der Waals surface area contributed by atoms with Crippen molar-refractivity contribution in [2.24, 2.45) is 0 Å². The number of ether oxygens (including phenoxy) is 11. The molecule has 0 atom stereocenters. The minimum atomic E-state index is -0.450. The molecule has 0 heterocycles. The second kappa shape index (κ2) is 35.8. The standard InChI is InChI=1S/C40H65NO13/c1-2-3-4-5-6-7-8-37-9-13-39(14-10-37)53-35-33-51-31-29-49-27-25-47-23-21-45-19-17-44-18-20-46-22-24-48-26-28-50-30-32-52-34-36-54-40-15-11-38(12-16-40)41(42)43/h9-16H,2-8,17-36H2,1H3. The molecule has 0 bridgehead atoms. The summed E-state index contributed by atoms with van der Waals surface area (Å²) < 4.78 is 60.8. The summed E-state index contributed by atoms with van der Waals surface area (Å²) in [4.78, 5) is 10.2. The van der Waals surface area contributed by atoms with E-state index in [-0.39, 0.29) is 5.69 Å². The van der Waals surface area contributed by atoms with Gasteiger partial charge in [-0.3, -0.25) is 10.1 Å². The van der Waals surface area contributed by atoms with E-state index in [2.05, 4.69) is 19.1 Å². The lowest BCUT2D eigenvalue weighted by Gasteiger charge is -2.09. The Labute approximate surface area is 322 Å². The van der Waals surface area contributed by atoms with E-state index in [0.29, 0.717) is 138 Å². The lowest BCUT2D eigenvalue weighted by Crippen LogP contribution is -2.15. The summed E-state index contributed by atoms with van der Waals surface area (Å²) >= 11 is 0. The fraction of sp³-hybridized carbons (Fsp3) is 0.700. The van der Waals surface area contributed by atoms with Crippen molar-refractivity contribution in [2.75, 3.05) is 132 Å². The second-order valence-corrected chi connectivity index (χ2v) is 12.1. The highest BCUT2D eigenvalue weighted by molar-refractivity contribution is 5.35. The average Bonchev–Trinajstić information content (AvgIpc) is 3.19. The molecule has 0 aliphatic rings. The Bertz CT molecular complexity index is 1110. The Hall–Kier alpha value is -2.92. The number of unbranched alkanes of at least 4 members (excludes halogenated alkanes) is 5. The van der Waals surface area contributed by atoms with E-state index in [1.54, 1.807) is 12.1 Å². The molecule has 0 N–H and O–H groups in total. The molecule has 0 radical (unpaired) electrons. The average molecular weight is 768 g/mol. The highest BCUT2D eigenvalue weighted by Gasteiger charge is 2.04. The maximum Gasteiger partial charge on any atom is 0.269 e. The molecular weight excluding hydrogens is 702 g/mol. The molecule has 0 fully saturated rings. The Kier molecular flexibility index (Phi) is 31.3. The lowest BCUT2D eigenvalue weighted by atomic mass is 10.0. The highest BCUT2D eigenvalue weighted by atomic mass is 16.6. The minimum Gasteiger partial charge on any atom is -0.491 e. The van der Waals surface area contributed by atoms with Gasteiger partial charge in [-0.2, -0.15) is 0 Å². The number of benzene rings is 2. The zero-order valence-electron chi connectivity index (χ0n) is 32.5. The van der Waals surface area contributed by atoms with Crippen molar-refractivity contribution in [1.82, 2.24) is 0 Å². The van der Waals surface area contributed by atoms with Crippen LogP contribution in [0.15, 0.2) is 48.5 Å². The number of hydrogen-bond donors (Lipinski definition) is 0. The second-order valence-electron chi connectivity index (χ2n) is 12.1. The molecule has 0 unspecified atom stereocenters. The van der Waals surface area contributed by atoms with Gasteiger partial charge in [0, 0.05) is 12.1 Å². The normalized spacial score (nSPS) is 11.3. The van der Waals surface area contributed by atoms with Gasteiger partial charge in [0.05, 0.1) is 124 Å². The predicted octanol–water partition coefficient (Wildman–Crippen LogP) is 6.11. The fourth-order valence-corrected chi connectivity index (χ4v) is 4.82. The van der Waals surface area contributed by atoms with E-state index >= 15 is 0 Å². The largest absolute Gasteiger partial charge is 0.491 e. The van der Waals surface area contributed by atoms with Crippen LogP contribution >= 0.6 is 0 Å². The molecule has 14 nitrogen and oxygen atoms in total. The molecule has 54 heavy (non-hydrogen) atoms. The Morgan fingerprint density at radius 2 is 0.704 bits per heavy atom. The van der Waals surface area contributed by atoms with Gasteiger partial charge in [0.15, 0.2) is 0 Å². The first-order valence-electron chi connectivity index (χ1n) is 19.5.